The van der Waals surface area contributed by atoms with Crippen LogP contribution in [-0.2, 0) is 0 Å². The molecule has 4 nitrogen and oxygen atoms in total. The number of nitrogens with two attached hydrogens (primary N) is 1. The number of aromatic amines is 1. The molecule has 4 heteroatoms. The van der Waals surface area contributed by atoms with Gasteiger partial charge in [-0.2, -0.15) is 0 Å². The van der Waals surface area contributed by atoms with E-state index < -0.39 is 0 Å². The molecule has 1 aromatic carbocycles. The number of rotatable bonds is 2. The van der Waals surface area contributed by atoms with Gasteiger partial charge in [0.2, 0.25) is 0 Å². The summed E-state index contributed by atoms with van der Waals surface area (Å²) in [5.41, 5.74) is 9.37. The number of hydrogen-bond acceptors (Lipinski definition) is 3. The molecule has 0 aliphatic rings. The zero-order chi connectivity index (χ0) is 13.4. The number of pyridine rings is 1. The normalized spacial score (nSPS) is 10.8. The number of fused-ring (bicyclic) bond motifs is 1. The Hall–Kier alpha value is -2.62. The van der Waals surface area contributed by atoms with Gasteiger partial charge in [0, 0.05) is 34.6 Å². The molecule has 0 amide bonds. The Morgan fingerprint density at radius 1 is 1.32 bits per heavy atom. The fourth-order valence-electron chi connectivity index (χ4n) is 2.08. The highest BCUT2D eigenvalue weighted by Crippen LogP contribution is 2.21. The maximum atomic E-state index is 12.5. The molecule has 19 heavy (non-hydrogen) atoms. The number of aromatic nitrogens is 2. The first kappa shape index (κ1) is 11.5. The number of ketones is 1. The lowest BCUT2D eigenvalue weighted by molar-refractivity contribution is 0.104. The van der Waals surface area contributed by atoms with E-state index in [2.05, 4.69) is 9.97 Å². The molecule has 3 rings (SSSR count). The minimum atomic E-state index is -0.0500. The molecule has 0 radical (unpaired) electrons. The number of anilines is 1. The molecule has 0 bridgehead atoms. The van der Waals surface area contributed by atoms with Crippen LogP contribution in [0.2, 0.25) is 0 Å². The van der Waals surface area contributed by atoms with E-state index in [0.29, 0.717) is 22.5 Å². The van der Waals surface area contributed by atoms with Gasteiger partial charge in [0.25, 0.3) is 0 Å². The van der Waals surface area contributed by atoms with Crippen molar-refractivity contribution in [1.29, 1.82) is 0 Å². The van der Waals surface area contributed by atoms with Crippen LogP contribution < -0.4 is 5.73 Å². The number of carbonyl (C=O) groups excluding carboxylic acids is 1. The maximum Gasteiger partial charge on any atom is 0.195 e. The van der Waals surface area contributed by atoms with E-state index in [9.17, 15) is 4.79 Å². The van der Waals surface area contributed by atoms with Crippen molar-refractivity contribution in [3.05, 3.63) is 59.4 Å². The zero-order valence-corrected chi connectivity index (χ0v) is 10.5. The van der Waals surface area contributed by atoms with Crippen molar-refractivity contribution < 1.29 is 4.79 Å². The highest BCUT2D eigenvalue weighted by atomic mass is 16.1. The topological polar surface area (TPSA) is 71.8 Å². The zero-order valence-electron chi connectivity index (χ0n) is 10.5. The molecule has 0 spiro atoms. The molecule has 3 N–H and O–H groups in total. The Morgan fingerprint density at radius 3 is 2.95 bits per heavy atom. The third-order valence-corrected chi connectivity index (χ3v) is 3.24. The monoisotopic (exact) mass is 251 g/mol. The summed E-state index contributed by atoms with van der Waals surface area (Å²) in [5.74, 6) is -0.0500. The summed E-state index contributed by atoms with van der Waals surface area (Å²) in [6.07, 6.45) is 3.38. The SMILES string of the molecule is Cc1ccc(C(=O)c2c[nH]c3ncccc23)cc1N. The van der Waals surface area contributed by atoms with Gasteiger partial charge in [0.15, 0.2) is 5.78 Å². The second-order valence-electron chi connectivity index (χ2n) is 4.50. The minimum Gasteiger partial charge on any atom is -0.398 e. The quantitative estimate of drug-likeness (QED) is 0.543. The Morgan fingerprint density at radius 2 is 2.16 bits per heavy atom. The second-order valence-corrected chi connectivity index (χ2v) is 4.50. The van der Waals surface area contributed by atoms with E-state index in [1.807, 2.05) is 25.1 Å². The molecule has 0 atom stereocenters. The molecule has 0 unspecified atom stereocenters. The number of hydrogen-bond donors (Lipinski definition) is 2. The summed E-state index contributed by atoms with van der Waals surface area (Å²) in [7, 11) is 0. The van der Waals surface area contributed by atoms with Crippen molar-refractivity contribution in [3.63, 3.8) is 0 Å². The fraction of sp³-hybridized carbons (Fsp3) is 0.0667. The van der Waals surface area contributed by atoms with Gasteiger partial charge in [0.05, 0.1) is 0 Å². The molecule has 2 aromatic heterocycles. The number of benzene rings is 1. The van der Waals surface area contributed by atoms with Gasteiger partial charge >= 0.3 is 0 Å². The van der Waals surface area contributed by atoms with Gasteiger partial charge < -0.3 is 10.7 Å². The largest absolute Gasteiger partial charge is 0.398 e. The van der Waals surface area contributed by atoms with E-state index in [0.717, 1.165) is 10.9 Å². The average molecular weight is 251 g/mol. The predicted octanol–water partition coefficient (Wildman–Crippen LogP) is 2.68. The van der Waals surface area contributed by atoms with Crippen LogP contribution in [0.25, 0.3) is 11.0 Å². The van der Waals surface area contributed by atoms with E-state index in [1.165, 1.54) is 0 Å². The van der Waals surface area contributed by atoms with Crippen LogP contribution in [0.5, 0.6) is 0 Å². The van der Waals surface area contributed by atoms with Gasteiger partial charge in [-0.05, 0) is 30.7 Å². The Balaban J connectivity index is 2.11. The van der Waals surface area contributed by atoms with Crippen molar-refractivity contribution in [3.8, 4) is 0 Å². The maximum absolute atomic E-state index is 12.5. The van der Waals surface area contributed by atoms with Gasteiger partial charge in [-0.25, -0.2) is 4.98 Å². The number of nitrogen functional groups attached to an aromatic ring is 1. The number of aryl methyl sites for hydroxylation is 1. The summed E-state index contributed by atoms with van der Waals surface area (Å²) >= 11 is 0. The molecule has 0 fully saturated rings. The number of nitrogens with zero attached hydrogens (tertiary/aromatic N) is 1. The predicted molar refractivity (Wildman–Crippen MR) is 75.1 cm³/mol. The molecule has 94 valence electrons. The van der Waals surface area contributed by atoms with Crippen molar-refractivity contribution in [2.45, 2.75) is 6.92 Å². The van der Waals surface area contributed by atoms with Gasteiger partial charge in [0.1, 0.15) is 5.65 Å². The molecular formula is C15H13N3O. The van der Waals surface area contributed by atoms with E-state index in [1.54, 1.807) is 24.5 Å². The standard InChI is InChI=1S/C15H13N3O/c1-9-4-5-10(7-13(9)16)14(19)12-8-18-15-11(12)3-2-6-17-15/h2-8H,16H2,1H3,(H,17,18). The van der Waals surface area contributed by atoms with Crippen molar-refractivity contribution in [2.75, 3.05) is 5.73 Å². The van der Waals surface area contributed by atoms with Crippen LogP contribution in [0, 0.1) is 6.92 Å². The van der Waals surface area contributed by atoms with E-state index in [-0.39, 0.29) is 5.78 Å². The third kappa shape index (κ3) is 1.87. The summed E-state index contributed by atoms with van der Waals surface area (Å²) in [4.78, 5) is 19.7. The summed E-state index contributed by atoms with van der Waals surface area (Å²) < 4.78 is 0. The molecule has 0 saturated carbocycles. The van der Waals surface area contributed by atoms with Crippen LogP contribution >= 0.6 is 0 Å². The number of H-pyrrole nitrogens is 1. The summed E-state index contributed by atoms with van der Waals surface area (Å²) in [6, 6.07) is 9.06. The molecule has 0 saturated heterocycles. The Labute approximate surface area is 110 Å². The molecule has 2 heterocycles. The number of nitrogens with one attached hydrogen (secondary N) is 1. The molecule has 3 aromatic rings. The van der Waals surface area contributed by atoms with Crippen molar-refractivity contribution >= 4 is 22.5 Å². The first-order valence-electron chi connectivity index (χ1n) is 6.00. The minimum absolute atomic E-state index is 0.0500. The third-order valence-electron chi connectivity index (χ3n) is 3.24. The molecule has 0 aliphatic heterocycles. The van der Waals surface area contributed by atoms with Gasteiger partial charge in [-0.1, -0.05) is 12.1 Å². The molecular weight excluding hydrogens is 238 g/mol. The van der Waals surface area contributed by atoms with Gasteiger partial charge in [-0.15, -0.1) is 0 Å². The Kier molecular flexibility index (Phi) is 2.56. The average Bonchev–Trinajstić information content (AvgIpc) is 2.85. The molecule has 0 aliphatic carbocycles. The lowest BCUT2D eigenvalue weighted by atomic mass is 10.0. The highest BCUT2D eigenvalue weighted by Gasteiger charge is 2.14. The van der Waals surface area contributed by atoms with E-state index in [4.69, 9.17) is 5.73 Å². The van der Waals surface area contributed by atoms with Crippen LogP contribution in [0.4, 0.5) is 5.69 Å². The van der Waals surface area contributed by atoms with Crippen molar-refractivity contribution in [1.82, 2.24) is 9.97 Å². The van der Waals surface area contributed by atoms with Crippen LogP contribution in [0.15, 0.2) is 42.7 Å². The Bertz CT molecular complexity index is 774. The summed E-state index contributed by atoms with van der Waals surface area (Å²) in [6.45, 7) is 1.92. The second kappa shape index (κ2) is 4.24. The van der Waals surface area contributed by atoms with Crippen LogP contribution in [0.3, 0.4) is 0 Å². The van der Waals surface area contributed by atoms with Crippen LogP contribution in [0.1, 0.15) is 21.5 Å². The highest BCUT2D eigenvalue weighted by molar-refractivity contribution is 6.16. The summed E-state index contributed by atoms with van der Waals surface area (Å²) in [5, 5.41) is 0.826. The fourth-order valence-corrected chi connectivity index (χ4v) is 2.08. The van der Waals surface area contributed by atoms with Crippen LogP contribution in [-0.4, -0.2) is 15.8 Å². The van der Waals surface area contributed by atoms with Gasteiger partial charge in [-0.3, -0.25) is 4.79 Å². The number of carbonyl (C=O) groups is 1. The van der Waals surface area contributed by atoms with Crippen molar-refractivity contribution in [2.24, 2.45) is 0 Å². The lowest BCUT2D eigenvalue weighted by Gasteiger charge is -2.03. The first-order chi connectivity index (χ1) is 9.16. The smallest absolute Gasteiger partial charge is 0.195 e. The first-order valence-corrected chi connectivity index (χ1v) is 6.00. The van der Waals surface area contributed by atoms with E-state index >= 15 is 0 Å². The lowest BCUT2D eigenvalue weighted by Crippen LogP contribution is -2.02.